The standard InChI is InChI=1S/C15H14Cl2FNO/c16-10-3-1-9(2-4-10)15(20)13(8-19)12-6-5-11(18)7-14(12)17/h1-7,13,15,20H,8,19H2. The zero-order valence-electron chi connectivity index (χ0n) is 10.6. The van der Waals surface area contributed by atoms with Crippen LogP contribution in [0.2, 0.25) is 10.0 Å². The highest BCUT2D eigenvalue weighted by atomic mass is 35.5. The molecule has 2 nitrogen and oxygen atoms in total. The van der Waals surface area contributed by atoms with E-state index in [4.69, 9.17) is 28.9 Å². The first-order valence-corrected chi connectivity index (χ1v) is 6.87. The first-order chi connectivity index (χ1) is 9.52. The summed E-state index contributed by atoms with van der Waals surface area (Å²) in [4.78, 5) is 0. The lowest BCUT2D eigenvalue weighted by molar-refractivity contribution is 0.147. The van der Waals surface area contributed by atoms with Crippen LogP contribution in [0.5, 0.6) is 0 Å². The summed E-state index contributed by atoms with van der Waals surface area (Å²) < 4.78 is 13.1. The van der Waals surface area contributed by atoms with Gasteiger partial charge in [-0.15, -0.1) is 0 Å². The van der Waals surface area contributed by atoms with Crippen molar-refractivity contribution in [3.05, 3.63) is 69.5 Å². The van der Waals surface area contributed by atoms with Gasteiger partial charge in [0.05, 0.1) is 6.10 Å². The molecule has 0 saturated heterocycles. The van der Waals surface area contributed by atoms with E-state index < -0.39 is 17.8 Å². The van der Waals surface area contributed by atoms with Gasteiger partial charge in [-0.3, -0.25) is 0 Å². The van der Waals surface area contributed by atoms with Crippen molar-refractivity contribution in [1.82, 2.24) is 0 Å². The molecule has 0 saturated carbocycles. The van der Waals surface area contributed by atoms with E-state index >= 15 is 0 Å². The third-order valence-electron chi connectivity index (χ3n) is 3.21. The molecular formula is C15H14Cl2FNO. The van der Waals surface area contributed by atoms with Crippen molar-refractivity contribution in [2.24, 2.45) is 5.73 Å². The van der Waals surface area contributed by atoms with E-state index in [2.05, 4.69) is 0 Å². The first kappa shape index (κ1) is 15.3. The molecule has 2 unspecified atom stereocenters. The summed E-state index contributed by atoms with van der Waals surface area (Å²) in [6.45, 7) is 0.190. The maximum atomic E-state index is 13.1. The van der Waals surface area contributed by atoms with Gasteiger partial charge in [-0.1, -0.05) is 41.4 Å². The van der Waals surface area contributed by atoms with Gasteiger partial charge in [0, 0.05) is 22.5 Å². The summed E-state index contributed by atoms with van der Waals surface area (Å²) in [5.41, 5.74) is 7.05. The predicted octanol–water partition coefficient (Wildman–Crippen LogP) is 3.91. The number of nitrogens with two attached hydrogens (primary N) is 1. The van der Waals surface area contributed by atoms with E-state index in [1.165, 1.54) is 12.1 Å². The second-order valence-corrected chi connectivity index (χ2v) is 5.35. The molecule has 5 heteroatoms. The monoisotopic (exact) mass is 313 g/mol. The Labute approximate surface area is 126 Å². The van der Waals surface area contributed by atoms with Crippen LogP contribution >= 0.6 is 23.2 Å². The molecule has 0 heterocycles. The third kappa shape index (κ3) is 3.30. The predicted molar refractivity (Wildman–Crippen MR) is 79.6 cm³/mol. The zero-order valence-corrected chi connectivity index (χ0v) is 12.1. The normalized spacial score (nSPS) is 14.1. The number of hydrogen-bond acceptors (Lipinski definition) is 2. The molecule has 0 aliphatic rings. The van der Waals surface area contributed by atoms with Gasteiger partial charge in [-0.25, -0.2) is 4.39 Å². The fraction of sp³-hybridized carbons (Fsp3) is 0.200. The van der Waals surface area contributed by atoms with Crippen molar-refractivity contribution in [3.63, 3.8) is 0 Å². The smallest absolute Gasteiger partial charge is 0.124 e. The van der Waals surface area contributed by atoms with Crippen molar-refractivity contribution >= 4 is 23.2 Å². The van der Waals surface area contributed by atoms with Crippen LogP contribution in [0.4, 0.5) is 4.39 Å². The molecule has 106 valence electrons. The minimum Gasteiger partial charge on any atom is -0.388 e. The zero-order chi connectivity index (χ0) is 14.7. The molecule has 0 bridgehead atoms. The van der Waals surface area contributed by atoms with Crippen molar-refractivity contribution in [1.29, 1.82) is 0 Å². The second-order valence-electron chi connectivity index (χ2n) is 4.50. The lowest BCUT2D eigenvalue weighted by Crippen LogP contribution is -2.20. The Kier molecular flexibility index (Phi) is 5.00. The Morgan fingerprint density at radius 2 is 1.75 bits per heavy atom. The van der Waals surface area contributed by atoms with Crippen LogP contribution in [-0.4, -0.2) is 11.7 Å². The van der Waals surface area contributed by atoms with E-state index in [1.54, 1.807) is 30.3 Å². The van der Waals surface area contributed by atoms with Crippen LogP contribution in [0.1, 0.15) is 23.1 Å². The van der Waals surface area contributed by atoms with Crippen LogP contribution < -0.4 is 5.73 Å². The van der Waals surface area contributed by atoms with Gasteiger partial charge in [0.15, 0.2) is 0 Å². The molecule has 0 aliphatic heterocycles. The van der Waals surface area contributed by atoms with E-state index in [1.807, 2.05) is 0 Å². The van der Waals surface area contributed by atoms with E-state index in [0.29, 0.717) is 16.1 Å². The van der Waals surface area contributed by atoms with Gasteiger partial charge in [0.25, 0.3) is 0 Å². The average Bonchev–Trinajstić information content (AvgIpc) is 2.42. The highest BCUT2D eigenvalue weighted by Gasteiger charge is 2.23. The van der Waals surface area contributed by atoms with Gasteiger partial charge in [0.1, 0.15) is 5.82 Å². The van der Waals surface area contributed by atoms with Crippen LogP contribution in [0.3, 0.4) is 0 Å². The minimum absolute atomic E-state index is 0.190. The average molecular weight is 314 g/mol. The summed E-state index contributed by atoms with van der Waals surface area (Å²) in [6, 6.07) is 10.9. The highest BCUT2D eigenvalue weighted by Crippen LogP contribution is 2.34. The first-order valence-electron chi connectivity index (χ1n) is 6.11. The van der Waals surface area contributed by atoms with Crippen molar-refractivity contribution in [2.75, 3.05) is 6.54 Å². The molecule has 2 atom stereocenters. The molecule has 0 radical (unpaired) electrons. The van der Waals surface area contributed by atoms with Gasteiger partial charge in [0.2, 0.25) is 0 Å². The summed E-state index contributed by atoms with van der Waals surface area (Å²) in [5, 5.41) is 11.3. The summed E-state index contributed by atoms with van der Waals surface area (Å²) in [7, 11) is 0. The molecule has 0 amide bonds. The van der Waals surface area contributed by atoms with Gasteiger partial charge >= 0.3 is 0 Å². The number of benzene rings is 2. The number of aliphatic hydroxyl groups excluding tert-OH is 1. The van der Waals surface area contributed by atoms with Crippen LogP contribution in [0, 0.1) is 5.82 Å². The molecule has 0 fully saturated rings. The summed E-state index contributed by atoms with van der Waals surface area (Å²) in [6.07, 6.45) is -0.833. The fourth-order valence-corrected chi connectivity index (χ4v) is 2.55. The second kappa shape index (κ2) is 6.55. The van der Waals surface area contributed by atoms with Crippen molar-refractivity contribution in [2.45, 2.75) is 12.0 Å². The van der Waals surface area contributed by atoms with E-state index in [0.717, 1.165) is 0 Å². The molecule has 0 aromatic heterocycles. The molecule has 3 N–H and O–H groups in total. The van der Waals surface area contributed by atoms with Crippen LogP contribution in [0.15, 0.2) is 42.5 Å². The van der Waals surface area contributed by atoms with Crippen LogP contribution in [0.25, 0.3) is 0 Å². The van der Waals surface area contributed by atoms with E-state index in [-0.39, 0.29) is 11.6 Å². The van der Waals surface area contributed by atoms with Gasteiger partial charge in [-0.2, -0.15) is 0 Å². The topological polar surface area (TPSA) is 46.2 Å². The highest BCUT2D eigenvalue weighted by molar-refractivity contribution is 6.31. The summed E-state index contributed by atoms with van der Waals surface area (Å²) >= 11 is 11.9. The molecule has 2 rings (SSSR count). The molecule has 2 aromatic carbocycles. The Hall–Kier alpha value is -1.13. The fourth-order valence-electron chi connectivity index (χ4n) is 2.12. The van der Waals surface area contributed by atoms with Crippen molar-refractivity contribution < 1.29 is 9.50 Å². The third-order valence-corrected chi connectivity index (χ3v) is 3.79. The lowest BCUT2D eigenvalue weighted by Gasteiger charge is -2.23. The van der Waals surface area contributed by atoms with Crippen LogP contribution in [-0.2, 0) is 0 Å². The largest absolute Gasteiger partial charge is 0.388 e. The lowest BCUT2D eigenvalue weighted by atomic mass is 9.89. The summed E-state index contributed by atoms with van der Waals surface area (Å²) in [5.74, 6) is -0.834. The number of rotatable bonds is 4. The number of halogens is 3. The Bertz CT molecular complexity index is 589. The molecule has 2 aromatic rings. The molecule has 0 aliphatic carbocycles. The Morgan fingerprint density at radius 1 is 1.10 bits per heavy atom. The quantitative estimate of drug-likeness (QED) is 0.899. The van der Waals surface area contributed by atoms with Crippen molar-refractivity contribution in [3.8, 4) is 0 Å². The van der Waals surface area contributed by atoms with E-state index in [9.17, 15) is 9.50 Å². The molecule has 20 heavy (non-hydrogen) atoms. The molecule has 0 spiro atoms. The Morgan fingerprint density at radius 3 is 2.30 bits per heavy atom. The number of hydrogen-bond donors (Lipinski definition) is 2. The molecular weight excluding hydrogens is 300 g/mol. The number of aliphatic hydroxyl groups is 1. The minimum atomic E-state index is -0.833. The maximum absolute atomic E-state index is 13.1. The maximum Gasteiger partial charge on any atom is 0.124 e. The Balaban J connectivity index is 2.33. The van der Waals surface area contributed by atoms with Gasteiger partial charge < -0.3 is 10.8 Å². The SMILES string of the molecule is NCC(c1ccc(F)cc1Cl)C(O)c1ccc(Cl)cc1. The van der Waals surface area contributed by atoms with Gasteiger partial charge in [-0.05, 0) is 35.4 Å².